The number of carbonyl (C=O) groups excluding carboxylic acids is 3. The molecule has 0 bridgehead atoms. The SMILES string of the molecule is CN1CC2(C1)CN(C(=O)c1[nH]cnc1C(=O)Nc1ccc(NC(=O)c3ccc(F)cc3Cl)cc1)C2. The maximum absolute atomic E-state index is 13.2. The number of carbonyl (C=O) groups is 3. The fourth-order valence-electron chi connectivity index (χ4n) is 4.69. The largest absolute Gasteiger partial charge is 0.340 e. The topological polar surface area (TPSA) is 110 Å². The molecule has 0 radical (unpaired) electrons. The van der Waals surface area contributed by atoms with Gasteiger partial charge in [-0.15, -0.1) is 0 Å². The Morgan fingerprint density at radius 2 is 1.63 bits per heavy atom. The predicted octanol–water partition coefficient (Wildman–Crippen LogP) is 3.09. The van der Waals surface area contributed by atoms with Crippen molar-refractivity contribution in [2.45, 2.75) is 0 Å². The van der Waals surface area contributed by atoms with Gasteiger partial charge in [-0.05, 0) is 49.5 Å². The number of hydrogen-bond acceptors (Lipinski definition) is 5. The quantitative estimate of drug-likeness (QED) is 0.503. The minimum Gasteiger partial charge on any atom is -0.340 e. The van der Waals surface area contributed by atoms with Gasteiger partial charge >= 0.3 is 0 Å². The molecule has 2 aliphatic heterocycles. The van der Waals surface area contributed by atoms with Crippen LogP contribution in [0.5, 0.6) is 0 Å². The van der Waals surface area contributed by atoms with E-state index in [4.69, 9.17) is 11.6 Å². The van der Waals surface area contributed by atoms with Crippen LogP contribution in [0.2, 0.25) is 5.02 Å². The first-order valence-electron chi connectivity index (χ1n) is 10.9. The molecule has 5 rings (SSSR count). The van der Waals surface area contributed by atoms with Crippen molar-refractivity contribution < 1.29 is 18.8 Å². The Morgan fingerprint density at radius 3 is 2.23 bits per heavy atom. The molecule has 3 amide bonds. The smallest absolute Gasteiger partial charge is 0.276 e. The third kappa shape index (κ3) is 4.50. The van der Waals surface area contributed by atoms with E-state index >= 15 is 0 Å². The summed E-state index contributed by atoms with van der Waals surface area (Å²) in [4.78, 5) is 48.8. The van der Waals surface area contributed by atoms with Crippen LogP contribution in [0.1, 0.15) is 31.3 Å². The molecule has 11 heteroatoms. The van der Waals surface area contributed by atoms with E-state index in [1.807, 2.05) is 0 Å². The van der Waals surface area contributed by atoms with Crippen LogP contribution in [-0.2, 0) is 0 Å². The number of nitrogens with one attached hydrogen (secondary N) is 3. The number of nitrogens with zero attached hydrogens (tertiary/aromatic N) is 3. The molecule has 0 unspecified atom stereocenters. The lowest BCUT2D eigenvalue weighted by molar-refractivity contribution is -0.0873. The van der Waals surface area contributed by atoms with Gasteiger partial charge in [0.05, 0.1) is 16.9 Å². The highest BCUT2D eigenvalue weighted by molar-refractivity contribution is 6.34. The fourth-order valence-corrected chi connectivity index (χ4v) is 4.95. The van der Waals surface area contributed by atoms with Crippen molar-refractivity contribution in [3.8, 4) is 0 Å². The van der Waals surface area contributed by atoms with Crippen molar-refractivity contribution in [3.63, 3.8) is 0 Å². The molecule has 35 heavy (non-hydrogen) atoms. The summed E-state index contributed by atoms with van der Waals surface area (Å²) in [6, 6.07) is 9.90. The number of likely N-dealkylation sites (tertiary alicyclic amines) is 2. The lowest BCUT2D eigenvalue weighted by atomic mass is 9.73. The van der Waals surface area contributed by atoms with Gasteiger partial charge in [0.25, 0.3) is 17.7 Å². The number of aromatic nitrogens is 2. The van der Waals surface area contributed by atoms with Gasteiger partial charge < -0.3 is 25.4 Å². The molecule has 0 aliphatic carbocycles. The number of imidazole rings is 1. The summed E-state index contributed by atoms with van der Waals surface area (Å²) in [5.74, 6) is -1.80. The summed E-state index contributed by atoms with van der Waals surface area (Å²) in [5.41, 5.74) is 1.41. The molecule has 3 N–H and O–H groups in total. The monoisotopic (exact) mass is 496 g/mol. The molecule has 0 saturated carbocycles. The third-order valence-electron chi connectivity index (χ3n) is 6.20. The molecule has 9 nitrogen and oxygen atoms in total. The van der Waals surface area contributed by atoms with Gasteiger partial charge in [-0.3, -0.25) is 14.4 Å². The molecule has 0 atom stereocenters. The summed E-state index contributed by atoms with van der Waals surface area (Å²) >= 11 is 5.93. The van der Waals surface area contributed by atoms with Crippen LogP contribution in [-0.4, -0.2) is 70.7 Å². The molecule has 1 aromatic heterocycles. The van der Waals surface area contributed by atoms with E-state index in [0.717, 1.165) is 25.2 Å². The Morgan fingerprint density at radius 1 is 1.00 bits per heavy atom. The van der Waals surface area contributed by atoms with Crippen molar-refractivity contribution >= 4 is 40.7 Å². The Hall–Kier alpha value is -3.76. The van der Waals surface area contributed by atoms with Gasteiger partial charge in [0.2, 0.25) is 0 Å². The number of benzene rings is 2. The van der Waals surface area contributed by atoms with Crippen molar-refractivity contribution in [1.29, 1.82) is 0 Å². The Labute approximate surface area is 205 Å². The zero-order valence-electron chi connectivity index (χ0n) is 18.8. The number of amides is 3. The molecule has 180 valence electrons. The zero-order chi connectivity index (χ0) is 24.7. The summed E-state index contributed by atoms with van der Waals surface area (Å²) in [6.45, 7) is 3.29. The summed E-state index contributed by atoms with van der Waals surface area (Å²) in [6.07, 6.45) is 1.33. The highest BCUT2D eigenvalue weighted by Gasteiger charge is 2.52. The second-order valence-electron chi connectivity index (χ2n) is 9.07. The third-order valence-corrected chi connectivity index (χ3v) is 6.51. The summed E-state index contributed by atoms with van der Waals surface area (Å²) in [7, 11) is 2.05. The van der Waals surface area contributed by atoms with Gasteiger partial charge in [0, 0.05) is 43.0 Å². The molecular weight excluding hydrogens is 475 g/mol. The average molecular weight is 497 g/mol. The molecule has 2 aliphatic rings. The van der Waals surface area contributed by atoms with Crippen molar-refractivity contribution in [2.24, 2.45) is 5.41 Å². The summed E-state index contributed by atoms with van der Waals surface area (Å²) < 4.78 is 13.2. The van der Waals surface area contributed by atoms with Gasteiger partial charge in [0.1, 0.15) is 11.5 Å². The molecule has 1 spiro atoms. The molecule has 3 aromatic rings. The fraction of sp³-hybridized carbons (Fsp3) is 0.250. The van der Waals surface area contributed by atoms with Crippen molar-refractivity contribution in [1.82, 2.24) is 19.8 Å². The van der Waals surface area contributed by atoms with E-state index in [1.54, 1.807) is 29.2 Å². The lowest BCUT2D eigenvalue weighted by Crippen LogP contribution is -2.72. The number of H-pyrrole nitrogens is 1. The van der Waals surface area contributed by atoms with Crippen LogP contribution < -0.4 is 10.6 Å². The number of rotatable bonds is 5. The minimum absolute atomic E-state index is 0.00385. The van der Waals surface area contributed by atoms with Crippen molar-refractivity contribution in [2.75, 3.05) is 43.9 Å². The van der Waals surface area contributed by atoms with Crippen LogP contribution in [0.15, 0.2) is 48.8 Å². The first-order chi connectivity index (χ1) is 16.7. The Balaban J connectivity index is 1.20. The van der Waals surface area contributed by atoms with Gasteiger partial charge in [-0.1, -0.05) is 11.6 Å². The van der Waals surface area contributed by atoms with Crippen LogP contribution in [0.3, 0.4) is 0 Å². The predicted molar refractivity (Wildman–Crippen MR) is 128 cm³/mol. The number of hydrogen-bond donors (Lipinski definition) is 3. The zero-order valence-corrected chi connectivity index (χ0v) is 19.5. The molecule has 2 aromatic carbocycles. The van der Waals surface area contributed by atoms with E-state index in [2.05, 4.69) is 32.5 Å². The van der Waals surface area contributed by atoms with E-state index in [0.29, 0.717) is 24.5 Å². The molecule has 2 fully saturated rings. The minimum atomic E-state index is -0.534. The highest BCUT2D eigenvalue weighted by atomic mass is 35.5. The van der Waals surface area contributed by atoms with Crippen LogP contribution >= 0.6 is 11.6 Å². The second-order valence-corrected chi connectivity index (χ2v) is 9.48. The Bertz CT molecular complexity index is 1310. The molecule has 2 saturated heterocycles. The first-order valence-corrected chi connectivity index (χ1v) is 11.3. The second kappa shape index (κ2) is 8.79. The first kappa shape index (κ1) is 23.0. The van der Waals surface area contributed by atoms with E-state index in [9.17, 15) is 18.8 Å². The lowest BCUT2D eigenvalue weighted by Gasteiger charge is -2.59. The van der Waals surface area contributed by atoms with E-state index in [-0.39, 0.29) is 33.3 Å². The number of halogens is 2. The van der Waals surface area contributed by atoms with Crippen LogP contribution in [0, 0.1) is 11.2 Å². The Kier molecular flexibility index (Phi) is 5.78. The maximum Gasteiger partial charge on any atom is 0.276 e. The van der Waals surface area contributed by atoms with Crippen molar-refractivity contribution in [3.05, 3.63) is 76.6 Å². The van der Waals surface area contributed by atoms with Gasteiger partial charge in [0.15, 0.2) is 5.69 Å². The summed E-state index contributed by atoms with van der Waals surface area (Å²) in [5, 5.41) is 5.38. The number of anilines is 2. The van der Waals surface area contributed by atoms with E-state index < -0.39 is 17.6 Å². The highest BCUT2D eigenvalue weighted by Crippen LogP contribution is 2.39. The standard InChI is InChI=1S/C24H22ClFN6O3/c1-31-9-24(10-31)11-32(12-24)23(35)20-19(27-13-28-20)22(34)30-16-5-3-15(4-6-16)29-21(33)17-7-2-14(26)8-18(17)25/h2-8,13H,9-12H2,1H3,(H,27,28)(H,29,33)(H,30,34). The van der Waals surface area contributed by atoms with Crippen LogP contribution in [0.25, 0.3) is 0 Å². The average Bonchev–Trinajstić information content (AvgIpc) is 3.26. The van der Waals surface area contributed by atoms with Crippen LogP contribution in [0.4, 0.5) is 15.8 Å². The van der Waals surface area contributed by atoms with Gasteiger partial charge in [-0.2, -0.15) is 0 Å². The van der Waals surface area contributed by atoms with E-state index in [1.165, 1.54) is 12.4 Å². The molecule has 3 heterocycles. The number of aromatic amines is 1. The molecular formula is C24H22ClFN6O3. The normalized spacial score (nSPS) is 16.4. The maximum atomic E-state index is 13.2. The van der Waals surface area contributed by atoms with Gasteiger partial charge in [-0.25, -0.2) is 9.37 Å².